The van der Waals surface area contributed by atoms with Crippen molar-refractivity contribution in [3.05, 3.63) is 59.2 Å². The number of pyridine rings is 2. The highest BCUT2D eigenvalue weighted by Crippen LogP contribution is 2.18. The SMILES string of the molecule is CCc1nc2c(C(=O)NCc3ccc(N)nc3)cccn2c1C(=O)N[C@H](CO)CC(C)C. The molecule has 0 aromatic carbocycles. The van der Waals surface area contributed by atoms with Crippen molar-refractivity contribution < 1.29 is 14.7 Å². The summed E-state index contributed by atoms with van der Waals surface area (Å²) in [5.74, 6) is 0.114. The zero-order chi connectivity index (χ0) is 23.3. The fraction of sp³-hybridized carbons (Fsp3) is 0.391. The van der Waals surface area contributed by atoms with Crippen LogP contribution in [-0.2, 0) is 13.0 Å². The maximum atomic E-state index is 13.1. The first-order chi connectivity index (χ1) is 15.3. The van der Waals surface area contributed by atoms with Gasteiger partial charge in [0.05, 0.1) is 23.9 Å². The minimum atomic E-state index is -0.349. The van der Waals surface area contributed by atoms with Crippen molar-refractivity contribution in [2.24, 2.45) is 5.92 Å². The standard InChI is InChI=1S/C23H30N6O3/c1-4-18-20(23(32)27-16(13-30)10-14(2)3)29-9-5-6-17(21(29)28-18)22(31)26-12-15-7-8-19(24)25-11-15/h5-9,11,14,16,30H,4,10,12-13H2,1-3H3,(H2,24,25)(H,26,31)(H,27,32)/t16-/m0/s1. The molecule has 3 aromatic rings. The summed E-state index contributed by atoms with van der Waals surface area (Å²) >= 11 is 0. The number of hydrogen-bond acceptors (Lipinski definition) is 6. The highest BCUT2D eigenvalue weighted by Gasteiger charge is 2.23. The number of aromatic nitrogens is 3. The van der Waals surface area contributed by atoms with Crippen LogP contribution in [0, 0.1) is 5.92 Å². The molecule has 2 amide bonds. The molecule has 0 bridgehead atoms. The average Bonchev–Trinajstić information content (AvgIpc) is 3.16. The van der Waals surface area contributed by atoms with Gasteiger partial charge in [-0.05, 0) is 42.5 Å². The molecule has 170 valence electrons. The molecule has 3 aromatic heterocycles. The van der Waals surface area contributed by atoms with E-state index in [0.29, 0.717) is 47.2 Å². The van der Waals surface area contributed by atoms with Crippen LogP contribution in [0.5, 0.6) is 0 Å². The number of aryl methyl sites for hydroxylation is 1. The van der Waals surface area contributed by atoms with Crippen molar-refractivity contribution in [3.8, 4) is 0 Å². The molecule has 0 spiro atoms. The monoisotopic (exact) mass is 438 g/mol. The van der Waals surface area contributed by atoms with Crippen molar-refractivity contribution in [1.29, 1.82) is 0 Å². The largest absolute Gasteiger partial charge is 0.394 e. The number of nitrogens with one attached hydrogen (secondary N) is 2. The maximum absolute atomic E-state index is 13.1. The number of anilines is 1. The zero-order valence-corrected chi connectivity index (χ0v) is 18.6. The van der Waals surface area contributed by atoms with E-state index in [9.17, 15) is 14.7 Å². The summed E-state index contributed by atoms with van der Waals surface area (Å²) in [4.78, 5) is 34.6. The molecule has 0 fully saturated rings. The van der Waals surface area contributed by atoms with Crippen LogP contribution in [-0.4, -0.2) is 43.9 Å². The van der Waals surface area contributed by atoms with Gasteiger partial charge < -0.3 is 21.5 Å². The van der Waals surface area contributed by atoms with E-state index in [1.807, 2.05) is 20.8 Å². The lowest BCUT2D eigenvalue weighted by atomic mass is 10.0. The lowest BCUT2D eigenvalue weighted by Gasteiger charge is -2.18. The molecule has 0 saturated carbocycles. The predicted octanol–water partition coefficient (Wildman–Crippen LogP) is 1.94. The van der Waals surface area contributed by atoms with Gasteiger partial charge >= 0.3 is 0 Å². The third-order valence-electron chi connectivity index (χ3n) is 5.13. The van der Waals surface area contributed by atoms with Crippen LogP contribution in [0.2, 0.25) is 0 Å². The number of carbonyl (C=O) groups excluding carboxylic acids is 2. The quantitative estimate of drug-likeness (QED) is 0.403. The van der Waals surface area contributed by atoms with Gasteiger partial charge in [0.2, 0.25) is 0 Å². The summed E-state index contributed by atoms with van der Waals surface area (Å²) in [5, 5.41) is 15.4. The van der Waals surface area contributed by atoms with E-state index in [1.165, 1.54) is 0 Å². The first-order valence-electron chi connectivity index (χ1n) is 10.7. The first-order valence-corrected chi connectivity index (χ1v) is 10.7. The Hall–Kier alpha value is -3.46. The van der Waals surface area contributed by atoms with Crippen LogP contribution in [0.3, 0.4) is 0 Å². The van der Waals surface area contributed by atoms with E-state index in [0.717, 1.165) is 5.56 Å². The third kappa shape index (κ3) is 5.23. The van der Waals surface area contributed by atoms with Crippen LogP contribution in [0.15, 0.2) is 36.7 Å². The highest BCUT2D eigenvalue weighted by atomic mass is 16.3. The van der Waals surface area contributed by atoms with Gasteiger partial charge in [-0.15, -0.1) is 0 Å². The van der Waals surface area contributed by atoms with E-state index in [-0.39, 0.29) is 31.0 Å². The van der Waals surface area contributed by atoms with Gasteiger partial charge in [-0.3, -0.25) is 14.0 Å². The Morgan fingerprint density at radius 2 is 2.00 bits per heavy atom. The lowest BCUT2D eigenvalue weighted by molar-refractivity contribution is 0.0899. The zero-order valence-electron chi connectivity index (χ0n) is 18.6. The summed E-state index contributed by atoms with van der Waals surface area (Å²) < 4.78 is 1.64. The molecule has 0 aliphatic heterocycles. The summed E-state index contributed by atoms with van der Waals surface area (Å²) in [7, 11) is 0. The molecule has 5 N–H and O–H groups in total. The van der Waals surface area contributed by atoms with Gasteiger partial charge in [-0.2, -0.15) is 0 Å². The van der Waals surface area contributed by atoms with E-state index >= 15 is 0 Å². The molecular formula is C23H30N6O3. The Kier molecular flexibility index (Phi) is 7.42. The van der Waals surface area contributed by atoms with Crippen molar-refractivity contribution in [3.63, 3.8) is 0 Å². The Labute approximate surface area is 187 Å². The molecule has 0 radical (unpaired) electrons. The van der Waals surface area contributed by atoms with Gasteiger partial charge in [0, 0.05) is 18.9 Å². The van der Waals surface area contributed by atoms with E-state index in [2.05, 4.69) is 20.6 Å². The predicted molar refractivity (Wildman–Crippen MR) is 122 cm³/mol. The van der Waals surface area contributed by atoms with E-state index < -0.39 is 0 Å². The van der Waals surface area contributed by atoms with E-state index in [1.54, 1.807) is 41.1 Å². The van der Waals surface area contributed by atoms with Gasteiger partial charge in [-0.1, -0.05) is 26.8 Å². The number of fused-ring (bicyclic) bond motifs is 1. The number of nitrogen functional groups attached to an aromatic ring is 1. The summed E-state index contributed by atoms with van der Waals surface area (Å²) in [6.45, 7) is 6.12. The number of carbonyl (C=O) groups is 2. The topological polar surface area (TPSA) is 135 Å². The minimum absolute atomic E-state index is 0.143. The second-order valence-electron chi connectivity index (χ2n) is 8.13. The molecule has 3 heterocycles. The Balaban J connectivity index is 1.87. The average molecular weight is 439 g/mol. The molecule has 0 aliphatic carbocycles. The number of hydrogen-bond donors (Lipinski definition) is 4. The Morgan fingerprint density at radius 1 is 1.22 bits per heavy atom. The number of aliphatic hydroxyl groups excluding tert-OH is 1. The van der Waals surface area contributed by atoms with E-state index in [4.69, 9.17) is 5.73 Å². The maximum Gasteiger partial charge on any atom is 0.270 e. The lowest BCUT2D eigenvalue weighted by Crippen LogP contribution is -2.39. The summed E-state index contributed by atoms with van der Waals surface area (Å²) in [5.41, 5.74) is 8.16. The number of nitrogens with two attached hydrogens (primary N) is 1. The molecule has 9 heteroatoms. The van der Waals surface area contributed by atoms with Crippen LogP contribution in [0.4, 0.5) is 5.82 Å². The highest BCUT2D eigenvalue weighted by molar-refractivity contribution is 6.01. The smallest absolute Gasteiger partial charge is 0.270 e. The molecule has 0 aliphatic rings. The van der Waals surface area contributed by atoms with Crippen molar-refractivity contribution in [2.45, 2.75) is 46.2 Å². The van der Waals surface area contributed by atoms with Crippen molar-refractivity contribution in [1.82, 2.24) is 25.0 Å². The Bertz CT molecular complexity index is 1090. The van der Waals surface area contributed by atoms with Crippen LogP contribution >= 0.6 is 0 Å². The molecule has 0 unspecified atom stereocenters. The van der Waals surface area contributed by atoms with Crippen LogP contribution in [0.25, 0.3) is 5.65 Å². The van der Waals surface area contributed by atoms with Crippen LogP contribution < -0.4 is 16.4 Å². The van der Waals surface area contributed by atoms with Crippen LogP contribution in [0.1, 0.15) is 59.3 Å². The molecule has 9 nitrogen and oxygen atoms in total. The summed E-state index contributed by atoms with van der Waals surface area (Å²) in [6, 6.07) is 6.51. The number of imidazole rings is 1. The van der Waals surface area contributed by atoms with Crippen molar-refractivity contribution in [2.75, 3.05) is 12.3 Å². The second kappa shape index (κ2) is 10.2. The van der Waals surface area contributed by atoms with Gasteiger partial charge in [0.15, 0.2) is 5.65 Å². The minimum Gasteiger partial charge on any atom is -0.394 e. The van der Waals surface area contributed by atoms with Crippen molar-refractivity contribution >= 4 is 23.3 Å². The summed E-state index contributed by atoms with van der Waals surface area (Å²) in [6.07, 6.45) is 4.51. The second-order valence-corrected chi connectivity index (χ2v) is 8.13. The number of aliphatic hydroxyl groups is 1. The number of rotatable bonds is 9. The molecule has 3 rings (SSSR count). The molecule has 32 heavy (non-hydrogen) atoms. The number of nitrogens with zero attached hydrogens (tertiary/aromatic N) is 3. The normalized spacial score (nSPS) is 12.2. The fourth-order valence-corrected chi connectivity index (χ4v) is 3.60. The Morgan fingerprint density at radius 3 is 2.62 bits per heavy atom. The first kappa shape index (κ1) is 23.2. The number of amides is 2. The molecule has 0 saturated heterocycles. The molecule has 1 atom stereocenters. The van der Waals surface area contributed by atoms with Gasteiger partial charge in [0.25, 0.3) is 11.8 Å². The van der Waals surface area contributed by atoms with Gasteiger partial charge in [0.1, 0.15) is 11.5 Å². The van der Waals surface area contributed by atoms with Gasteiger partial charge in [-0.25, -0.2) is 9.97 Å². The molecular weight excluding hydrogens is 408 g/mol. The fourth-order valence-electron chi connectivity index (χ4n) is 3.60. The third-order valence-corrected chi connectivity index (χ3v) is 5.13.